The van der Waals surface area contributed by atoms with Gasteiger partial charge < -0.3 is 14.6 Å². The topological polar surface area (TPSA) is 52.0 Å². The molecule has 1 N–H and O–H groups in total. The lowest BCUT2D eigenvalue weighted by molar-refractivity contribution is 0.188. The Bertz CT molecular complexity index is 832. The molecule has 5 nitrogen and oxygen atoms in total. The van der Waals surface area contributed by atoms with Gasteiger partial charge in [0.2, 0.25) is 0 Å². The molecule has 110 valence electrons. The lowest BCUT2D eigenvalue weighted by atomic mass is 10.2. The zero-order valence-electron chi connectivity index (χ0n) is 12.3. The fourth-order valence-corrected chi connectivity index (χ4v) is 2.30. The number of nitrogens with zero attached hydrogens (tertiary/aromatic N) is 3. The van der Waals surface area contributed by atoms with Crippen molar-refractivity contribution in [3.8, 4) is 12.3 Å². The summed E-state index contributed by atoms with van der Waals surface area (Å²) in [5.41, 5.74) is 2.61. The van der Waals surface area contributed by atoms with Crippen LogP contribution in [0.4, 0.5) is 11.5 Å². The molecule has 2 heterocycles. The van der Waals surface area contributed by atoms with Crippen LogP contribution in [0.1, 0.15) is 5.56 Å². The summed E-state index contributed by atoms with van der Waals surface area (Å²) in [5, 5.41) is 4.26. The summed E-state index contributed by atoms with van der Waals surface area (Å²) in [6, 6.07) is 9.67. The monoisotopic (exact) mass is 292 g/mol. The zero-order chi connectivity index (χ0) is 15.4. The molecular weight excluding hydrogens is 276 g/mol. The third kappa shape index (κ3) is 2.78. The van der Waals surface area contributed by atoms with E-state index < -0.39 is 0 Å². The Balaban J connectivity index is 1.94. The second-order valence-electron chi connectivity index (χ2n) is 4.81. The van der Waals surface area contributed by atoms with Crippen LogP contribution >= 0.6 is 0 Å². The fraction of sp³-hybridized carbons (Fsp3) is 0.176. The fourth-order valence-electron chi connectivity index (χ4n) is 2.30. The maximum absolute atomic E-state index is 5.43. The Morgan fingerprint density at radius 2 is 2.23 bits per heavy atom. The second kappa shape index (κ2) is 6.29. The van der Waals surface area contributed by atoms with Gasteiger partial charge in [-0.05, 0) is 24.3 Å². The number of nitrogens with one attached hydrogen (secondary N) is 1. The van der Waals surface area contributed by atoms with Gasteiger partial charge in [0.05, 0.1) is 12.0 Å². The number of hydrogen-bond acceptors (Lipinski definition) is 4. The quantitative estimate of drug-likeness (QED) is 0.735. The highest BCUT2D eigenvalue weighted by atomic mass is 16.5. The van der Waals surface area contributed by atoms with Crippen LogP contribution in [0.15, 0.2) is 42.9 Å². The first-order valence-electron chi connectivity index (χ1n) is 6.94. The van der Waals surface area contributed by atoms with Crippen molar-refractivity contribution in [1.82, 2.24) is 14.5 Å². The number of methoxy groups -OCH3 is 1. The molecule has 22 heavy (non-hydrogen) atoms. The van der Waals surface area contributed by atoms with Gasteiger partial charge in [0.25, 0.3) is 0 Å². The van der Waals surface area contributed by atoms with Gasteiger partial charge in [-0.1, -0.05) is 12.0 Å². The van der Waals surface area contributed by atoms with Crippen molar-refractivity contribution in [1.29, 1.82) is 0 Å². The van der Waals surface area contributed by atoms with Crippen molar-refractivity contribution >= 4 is 22.5 Å². The summed E-state index contributed by atoms with van der Waals surface area (Å²) in [7, 11) is 1.69. The Hall–Kier alpha value is -2.84. The molecule has 0 aliphatic heterocycles. The van der Waals surface area contributed by atoms with Crippen molar-refractivity contribution in [2.24, 2.45) is 0 Å². The smallest absolute Gasteiger partial charge is 0.145 e. The predicted molar refractivity (Wildman–Crippen MR) is 87.1 cm³/mol. The van der Waals surface area contributed by atoms with E-state index in [0.717, 1.165) is 34.6 Å². The van der Waals surface area contributed by atoms with Crippen molar-refractivity contribution in [2.45, 2.75) is 6.54 Å². The Kier molecular flexibility index (Phi) is 4.03. The number of rotatable bonds is 5. The van der Waals surface area contributed by atoms with Gasteiger partial charge in [-0.3, -0.25) is 0 Å². The molecule has 0 unspecified atom stereocenters. The molecule has 3 aromatic rings. The number of benzene rings is 1. The molecule has 0 saturated heterocycles. The number of hydrogen-bond donors (Lipinski definition) is 1. The van der Waals surface area contributed by atoms with Gasteiger partial charge in [-0.2, -0.15) is 0 Å². The van der Waals surface area contributed by atoms with E-state index in [1.165, 1.54) is 0 Å². The summed E-state index contributed by atoms with van der Waals surface area (Å²) in [4.78, 5) is 8.69. The lowest BCUT2D eigenvalue weighted by Gasteiger charge is -2.08. The first-order chi connectivity index (χ1) is 10.8. The number of terminal acetylenes is 1. The van der Waals surface area contributed by atoms with Gasteiger partial charge in [0.15, 0.2) is 0 Å². The number of aromatic nitrogens is 3. The van der Waals surface area contributed by atoms with Gasteiger partial charge in [-0.25, -0.2) is 9.97 Å². The minimum atomic E-state index is 0.640. The molecule has 0 bridgehead atoms. The van der Waals surface area contributed by atoms with Crippen molar-refractivity contribution < 1.29 is 4.74 Å². The largest absolute Gasteiger partial charge is 0.383 e. The highest BCUT2D eigenvalue weighted by Crippen LogP contribution is 2.24. The molecule has 2 aromatic heterocycles. The van der Waals surface area contributed by atoms with E-state index in [4.69, 9.17) is 11.2 Å². The summed E-state index contributed by atoms with van der Waals surface area (Å²) in [5.74, 6) is 3.39. The average molecular weight is 292 g/mol. The summed E-state index contributed by atoms with van der Waals surface area (Å²) in [6.45, 7) is 1.39. The van der Waals surface area contributed by atoms with Crippen LogP contribution in [0.25, 0.3) is 11.0 Å². The van der Waals surface area contributed by atoms with Gasteiger partial charge in [0.1, 0.15) is 17.8 Å². The molecule has 0 radical (unpaired) electrons. The van der Waals surface area contributed by atoms with E-state index in [1.54, 1.807) is 13.4 Å². The van der Waals surface area contributed by atoms with E-state index in [2.05, 4.69) is 21.2 Å². The Labute approximate surface area is 129 Å². The van der Waals surface area contributed by atoms with Crippen LogP contribution in [-0.2, 0) is 11.3 Å². The van der Waals surface area contributed by atoms with Gasteiger partial charge in [-0.15, -0.1) is 6.42 Å². The predicted octanol–water partition coefficient (Wildman–Crippen LogP) is 2.80. The lowest BCUT2D eigenvalue weighted by Crippen LogP contribution is -2.04. The standard InChI is InChI=1S/C17H16N4O/c1-3-13-5-4-6-14(11-13)20-16-15-7-8-21(9-10-22-2)17(15)19-12-18-16/h1,4-8,11-12H,9-10H2,2H3,(H,18,19,20). The van der Waals surface area contributed by atoms with Crippen LogP contribution in [0.5, 0.6) is 0 Å². The summed E-state index contributed by atoms with van der Waals surface area (Å²) < 4.78 is 7.16. The third-order valence-corrected chi connectivity index (χ3v) is 3.38. The molecular formula is C17H16N4O. The van der Waals surface area contributed by atoms with E-state index in [0.29, 0.717) is 6.61 Å². The van der Waals surface area contributed by atoms with Crippen molar-refractivity contribution in [3.05, 3.63) is 48.4 Å². The van der Waals surface area contributed by atoms with Crippen LogP contribution < -0.4 is 5.32 Å². The van der Waals surface area contributed by atoms with E-state index in [9.17, 15) is 0 Å². The first-order valence-corrected chi connectivity index (χ1v) is 6.94. The molecule has 0 spiro atoms. The van der Waals surface area contributed by atoms with E-state index in [-0.39, 0.29) is 0 Å². The number of fused-ring (bicyclic) bond motifs is 1. The van der Waals surface area contributed by atoms with Crippen LogP contribution in [0.3, 0.4) is 0 Å². The Morgan fingerprint density at radius 1 is 1.32 bits per heavy atom. The minimum Gasteiger partial charge on any atom is -0.383 e. The highest BCUT2D eigenvalue weighted by molar-refractivity contribution is 5.89. The van der Waals surface area contributed by atoms with E-state index >= 15 is 0 Å². The first kappa shape index (κ1) is 14.1. The second-order valence-corrected chi connectivity index (χ2v) is 4.81. The summed E-state index contributed by atoms with van der Waals surface area (Å²) >= 11 is 0. The molecule has 0 amide bonds. The molecule has 3 rings (SSSR count). The van der Waals surface area contributed by atoms with Crippen LogP contribution in [-0.4, -0.2) is 28.3 Å². The third-order valence-electron chi connectivity index (χ3n) is 3.38. The maximum Gasteiger partial charge on any atom is 0.145 e. The highest BCUT2D eigenvalue weighted by Gasteiger charge is 2.08. The molecule has 0 aliphatic rings. The van der Waals surface area contributed by atoms with Crippen molar-refractivity contribution in [3.63, 3.8) is 0 Å². The van der Waals surface area contributed by atoms with E-state index in [1.807, 2.05) is 41.1 Å². The average Bonchev–Trinajstić information content (AvgIpc) is 2.97. The number of ether oxygens (including phenoxy) is 1. The molecule has 0 aliphatic carbocycles. The van der Waals surface area contributed by atoms with Crippen molar-refractivity contribution in [2.75, 3.05) is 19.0 Å². The van der Waals surface area contributed by atoms with Gasteiger partial charge in [0, 0.05) is 31.1 Å². The zero-order valence-corrected chi connectivity index (χ0v) is 12.3. The summed E-state index contributed by atoms with van der Waals surface area (Å²) in [6.07, 6.45) is 8.98. The molecule has 0 fully saturated rings. The van der Waals surface area contributed by atoms with Crippen LogP contribution in [0, 0.1) is 12.3 Å². The molecule has 0 saturated carbocycles. The number of anilines is 2. The normalized spacial score (nSPS) is 10.5. The van der Waals surface area contributed by atoms with Crippen LogP contribution in [0.2, 0.25) is 0 Å². The molecule has 1 aromatic carbocycles. The SMILES string of the molecule is C#Cc1cccc(Nc2ncnc3c2ccn3CCOC)c1. The maximum atomic E-state index is 5.43. The minimum absolute atomic E-state index is 0.640. The van der Waals surface area contributed by atoms with Gasteiger partial charge >= 0.3 is 0 Å². The Morgan fingerprint density at radius 3 is 3.05 bits per heavy atom. The molecule has 0 atom stereocenters. The molecule has 5 heteroatoms.